The maximum Gasteiger partial charge on any atom is 0.161 e. The van der Waals surface area contributed by atoms with Crippen LogP contribution in [0.5, 0.6) is 0 Å². The van der Waals surface area contributed by atoms with E-state index in [0.29, 0.717) is 5.02 Å². The first kappa shape index (κ1) is 13.5. The molecule has 0 aliphatic carbocycles. The SMILES string of the molecule is CCc1nc(-c2ccc(Cl)cc2)nc(NC)c1I. The molecule has 0 unspecified atom stereocenters. The number of nitrogens with zero attached hydrogens (tertiary/aromatic N) is 2. The number of rotatable bonds is 3. The highest BCUT2D eigenvalue weighted by Crippen LogP contribution is 2.24. The summed E-state index contributed by atoms with van der Waals surface area (Å²) in [6.45, 7) is 2.09. The van der Waals surface area contributed by atoms with E-state index in [0.717, 1.165) is 32.9 Å². The number of hydrogen-bond acceptors (Lipinski definition) is 3. The van der Waals surface area contributed by atoms with E-state index in [1.54, 1.807) is 0 Å². The van der Waals surface area contributed by atoms with Gasteiger partial charge in [0, 0.05) is 17.6 Å². The summed E-state index contributed by atoms with van der Waals surface area (Å²) in [5.41, 5.74) is 2.03. The van der Waals surface area contributed by atoms with E-state index in [-0.39, 0.29) is 0 Å². The Morgan fingerprint density at radius 2 is 1.89 bits per heavy atom. The van der Waals surface area contributed by atoms with E-state index in [9.17, 15) is 0 Å². The highest BCUT2D eigenvalue weighted by molar-refractivity contribution is 14.1. The molecule has 0 saturated carbocycles. The lowest BCUT2D eigenvalue weighted by molar-refractivity contribution is 0.990. The van der Waals surface area contributed by atoms with Crippen LogP contribution in [0.4, 0.5) is 5.82 Å². The van der Waals surface area contributed by atoms with Crippen LogP contribution >= 0.6 is 34.2 Å². The molecule has 0 bridgehead atoms. The van der Waals surface area contributed by atoms with Crippen LogP contribution in [0, 0.1) is 3.57 Å². The van der Waals surface area contributed by atoms with Crippen molar-refractivity contribution in [1.82, 2.24) is 9.97 Å². The zero-order chi connectivity index (χ0) is 13.1. The minimum atomic E-state index is 0.716. The molecule has 0 aliphatic rings. The van der Waals surface area contributed by atoms with Gasteiger partial charge >= 0.3 is 0 Å². The highest BCUT2D eigenvalue weighted by Gasteiger charge is 2.11. The lowest BCUT2D eigenvalue weighted by atomic mass is 10.2. The fourth-order valence-electron chi connectivity index (χ4n) is 1.62. The molecule has 94 valence electrons. The van der Waals surface area contributed by atoms with Crippen LogP contribution in [0.2, 0.25) is 5.02 Å². The second-order valence-electron chi connectivity index (χ2n) is 3.77. The summed E-state index contributed by atoms with van der Waals surface area (Å²) < 4.78 is 1.08. The molecule has 1 N–H and O–H groups in total. The van der Waals surface area contributed by atoms with Gasteiger partial charge in [0.1, 0.15) is 5.82 Å². The molecule has 0 saturated heterocycles. The predicted octanol–water partition coefficient (Wildman–Crippen LogP) is 4.01. The number of anilines is 1. The van der Waals surface area contributed by atoms with Gasteiger partial charge in [0.15, 0.2) is 5.82 Å². The summed E-state index contributed by atoms with van der Waals surface area (Å²) in [6, 6.07) is 7.57. The Morgan fingerprint density at radius 3 is 2.44 bits per heavy atom. The van der Waals surface area contributed by atoms with Crippen molar-refractivity contribution in [2.75, 3.05) is 12.4 Å². The first-order valence-corrected chi connectivity index (χ1v) is 7.11. The van der Waals surface area contributed by atoms with Gasteiger partial charge in [-0.25, -0.2) is 9.97 Å². The average Bonchev–Trinajstić information content (AvgIpc) is 2.40. The van der Waals surface area contributed by atoms with E-state index in [1.807, 2.05) is 31.3 Å². The lowest BCUT2D eigenvalue weighted by Gasteiger charge is -2.10. The Kier molecular flexibility index (Phi) is 4.40. The molecule has 0 radical (unpaired) electrons. The third-order valence-corrected chi connectivity index (χ3v) is 3.98. The second kappa shape index (κ2) is 5.84. The first-order chi connectivity index (χ1) is 8.65. The molecule has 18 heavy (non-hydrogen) atoms. The molecule has 0 spiro atoms. The van der Waals surface area contributed by atoms with Crippen LogP contribution in [0.15, 0.2) is 24.3 Å². The van der Waals surface area contributed by atoms with Crippen molar-refractivity contribution < 1.29 is 0 Å². The number of hydrogen-bond donors (Lipinski definition) is 1. The number of nitrogens with one attached hydrogen (secondary N) is 1. The number of aromatic nitrogens is 2. The van der Waals surface area contributed by atoms with Gasteiger partial charge in [0.05, 0.1) is 9.26 Å². The summed E-state index contributed by atoms with van der Waals surface area (Å²) in [4.78, 5) is 9.12. The second-order valence-corrected chi connectivity index (χ2v) is 5.28. The van der Waals surface area contributed by atoms with Crippen molar-refractivity contribution in [1.29, 1.82) is 0 Å². The minimum absolute atomic E-state index is 0.716. The molecular formula is C13H13ClIN3. The van der Waals surface area contributed by atoms with Crippen molar-refractivity contribution in [3.05, 3.63) is 38.6 Å². The van der Waals surface area contributed by atoms with E-state index in [1.165, 1.54) is 0 Å². The van der Waals surface area contributed by atoms with Gasteiger partial charge in [-0.3, -0.25) is 0 Å². The van der Waals surface area contributed by atoms with Gasteiger partial charge in [-0.15, -0.1) is 0 Å². The van der Waals surface area contributed by atoms with Gasteiger partial charge in [0.25, 0.3) is 0 Å². The molecule has 0 atom stereocenters. The van der Waals surface area contributed by atoms with Crippen LogP contribution in [-0.2, 0) is 6.42 Å². The first-order valence-electron chi connectivity index (χ1n) is 5.65. The Labute approximate surface area is 125 Å². The molecule has 1 aromatic carbocycles. The molecule has 3 nitrogen and oxygen atoms in total. The van der Waals surface area contributed by atoms with Gasteiger partial charge < -0.3 is 5.32 Å². The fraction of sp³-hybridized carbons (Fsp3) is 0.231. The zero-order valence-corrected chi connectivity index (χ0v) is 13.1. The Balaban J connectivity index is 2.54. The quantitative estimate of drug-likeness (QED) is 0.826. The summed E-state index contributed by atoms with van der Waals surface area (Å²) >= 11 is 8.16. The van der Waals surface area contributed by atoms with Crippen molar-refractivity contribution in [3.8, 4) is 11.4 Å². The van der Waals surface area contributed by atoms with E-state index < -0.39 is 0 Å². The van der Waals surface area contributed by atoms with E-state index in [2.05, 4.69) is 44.8 Å². The molecule has 1 aromatic heterocycles. The molecule has 2 aromatic rings. The smallest absolute Gasteiger partial charge is 0.161 e. The molecule has 5 heteroatoms. The zero-order valence-electron chi connectivity index (χ0n) is 10.2. The topological polar surface area (TPSA) is 37.8 Å². The standard InChI is InChI=1S/C13H13ClIN3/c1-3-10-11(15)13(16-2)18-12(17-10)8-4-6-9(14)7-5-8/h4-7H,3H2,1-2H3,(H,16,17,18). The largest absolute Gasteiger partial charge is 0.372 e. The average molecular weight is 374 g/mol. The summed E-state index contributed by atoms with van der Waals surface area (Å²) in [5.74, 6) is 1.60. The van der Waals surface area contributed by atoms with Gasteiger partial charge in [0.2, 0.25) is 0 Å². The van der Waals surface area contributed by atoms with Crippen LogP contribution in [-0.4, -0.2) is 17.0 Å². The molecule has 0 fully saturated rings. The Hall–Kier alpha value is -0.880. The van der Waals surface area contributed by atoms with E-state index >= 15 is 0 Å². The number of benzene rings is 1. The van der Waals surface area contributed by atoms with Crippen molar-refractivity contribution >= 4 is 40.0 Å². The van der Waals surface area contributed by atoms with Crippen LogP contribution in [0.3, 0.4) is 0 Å². The third kappa shape index (κ3) is 2.75. The normalized spacial score (nSPS) is 10.4. The van der Waals surface area contributed by atoms with Crippen molar-refractivity contribution in [2.24, 2.45) is 0 Å². The molecule has 0 amide bonds. The van der Waals surface area contributed by atoms with Crippen LogP contribution < -0.4 is 5.32 Å². The third-order valence-electron chi connectivity index (χ3n) is 2.59. The van der Waals surface area contributed by atoms with Gasteiger partial charge in [-0.05, 0) is 53.3 Å². The van der Waals surface area contributed by atoms with E-state index in [4.69, 9.17) is 11.6 Å². The Bertz CT molecular complexity index is 530. The predicted molar refractivity (Wildman–Crippen MR) is 84.1 cm³/mol. The van der Waals surface area contributed by atoms with Gasteiger partial charge in [-0.2, -0.15) is 0 Å². The van der Waals surface area contributed by atoms with Crippen LogP contribution in [0.25, 0.3) is 11.4 Å². The lowest BCUT2D eigenvalue weighted by Crippen LogP contribution is -2.04. The molecule has 0 aliphatic heterocycles. The fourth-order valence-corrected chi connectivity index (χ4v) is 2.64. The van der Waals surface area contributed by atoms with Crippen molar-refractivity contribution in [3.63, 3.8) is 0 Å². The molecular weight excluding hydrogens is 361 g/mol. The maximum absolute atomic E-state index is 5.89. The summed E-state index contributed by atoms with van der Waals surface area (Å²) in [6.07, 6.45) is 0.885. The van der Waals surface area contributed by atoms with Gasteiger partial charge in [-0.1, -0.05) is 18.5 Å². The molecule has 2 rings (SSSR count). The minimum Gasteiger partial charge on any atom is -0.372 e. The Morgan fingerprint density at radius 1 is 1.22 bits per heavy atom. The number of halogens is 2. The van der Waals surface area contributed by atoms with Crippen LogP contribution in [0.1, 0.15) is 12.6 Å². The monoisotopic (exact) mass is 373 g/mol. The highest BCUT2D eigenvalue weighted by atomic mass is 127. The summed E-state index contributed by atoms with van der Waals surface area (Å²) in [7, 11) is 1.87. The maximum atomic E-state index is 5.89. The summed E-state index contributed by atoms with van der Waals surface area (Å²) in [5, 5.41) is 3.82. The molecule has 1 heterocycles. The van der Waals surface area contributed by atoms with Crippen molar-refractivity contribution in [2.45, 2.75) is 13.3 Å². The number of aryl methyl sites for hydroxylation is 1.